The summed E-state index contributed by atoms with van der Waals surface area (Å²) < 4.78 is -0.790. The van der Waals surface area contributed by atoms with E-state index in [0.717, 1.165) is 37.3 Å². The number of carboxylic acids is 1. The fraction of sp³-hybridized carbons (Fsp3) is 0.621. The molecule has 1 aromatic carbocycles. The number of halogens is 1. The maximum atomic E-state index is 14.5. The van der Waals surface area contributed by atoms with Gasteiger partial charge in [-0.25, -0.2) is 0 Å². The third-order valence-corrected chi connectivity index (χ3v) is 11.7. The molecule has 1 spiro atoms. The van der Waals surface area contributed by atoms with Crippen LogP contribution in [0.25, 0.3) is 0 Å². The molecule has 3 aliphatic rings. The summed E-state index contributed by atoms with van der Waals surface area (Å²) in [6, 6.07) is 7.14. The highest BCUT2D eigenvalue weighted by Gasteiger charge is 2.76. The third kappa shape index (κ3) is 5.36. The Balaban J connectivity index is 1.69. The standard InChI is InChI=1S/C29H40BrN3O5S/c1-4-15-32(20-13-11-19(12-14-20)31(5-2)6-3)27(36)25-29-18-21(30)24(39-29)22(28(37)38)23(29)26(35)33(25)16-9-7-8-10-17-34/h4,11-14,21-25,34H,1,5-10,15-18H2,2-3H3,(H,37,38)/t21?,22-,23+,24-,25?,29?/m1/s1. The Bertz CT molecular complexity index is 1070. The molecule has 39 heavy (non-hydrogen) atoms. The topological polar surface area (TPSA) is 101 Å². The molecule has 3 unspecified atom stereocenters. The van der Waals surface area contributed by atoms with Crippen LogP contribution in [-0.2, 0) is 14.4 Å². The van der Waals surface area contributed by atoms with Crippen molar-refractivity contribution in [1.82, 2.24) is 4.90 Å². The lowest BCUT2D eigenvalue weighted by molar-refractivity contribution is -0.148. The number of nitrogens with zero attached hydrogens (tertiary/aromatic N) is 3. The summed E-state index contributed by atoms with van der Waals surface area (Å²) in [7, 11) is 0. The normalized spacial score (nSPS) is 29.0. The number of carbonyl (C=O) groups is 3. The Morgan fingerprint density at radius 2 is 1.79 bits per heavy atom. The summed E-state index contributed by atoms with van der Waals surface area (Å²) in [5.41, 5.74) is 1.80. The van der Waals surface area contributed by atoms with Crippen molar-refractivity contribution >= 4 is 56.9 Å². The number of benzene rings is 1. The summed E-state index contributed by atoms with van der Waals surface area (Å²) >= 11 is 5.22. The largest absolute Gasteiger partial charge is 0.481 e. The molecule has 214 valence electrons. The van der Waals surface area contributed by atoms with Gasteiger partial charge in [0.15, 0.2) is 0 Å². The first-order valence-corrected chi connectivity index (χ1v) is 15.8. The van der Waals surface area contributed by atoms with Gasteiger partial charge in [-0.2, -0.15) is 0 Å². The van der Waals surface area contributed by atoms with Crippen LogP contribution in [0, 0.1) is 11.8 Å². The Kier molecular flexibility index (Phi) is 9.70. The van der Waals surface area contributed by atoms with Crippen LogP contribution in [0.4, 0.5) is 11.4 Å². The molecule has 0 aromatic heterocycles. The maximum absolute atomic E-state index is 14.5. The number of carbonyl (C=O) groups excluding carboxylic acids is 2. The molecule has 3 aliphatic heterocycles. The van der Waals surface area contributed by atoms with Gasteiger partial charge in [0.1, 0.15) is 6.04 Å². The predicted octanol–water partition coefficient (Wildman–Crippen LogP) is 4.15. The number of unbranched alkanes of at least 4 members (excludes halogenated alkanes) is 3. The highest BCUT2D eigenvalue weighted by atomic mass is 79.9. The maximum Gasteiger partial charge on any atom is 0.308 e. The van der Waals surface area contributed by atoms with Crippen molar-refractivity contribution in [3.8, 4) is 0 Å². The van der Waals surface area contributed by atoms with Gasteiger partial charge < -0.3 is 24.9 Å². The van der Waals surface area contributed by atoms with Crippen LogP contribution in [0.2, 0.25) is 0 Å². The molecule has 2 bridgehead atoms. The number of likely N-dealkylation sites (tertiary alicyclic amines) is 1. The minimum Gasteiger partial charge on any atom is -0.481 e. The monoisotopic (exact) mass is 621 g/mol. The molecule has 2 amide bonds. The van der Waals surface area contributed by atoms with E-state index in [1.165, 1.54) is 11.8 Å². The molecule has 4 rings (SSSR count). The second kappa shape index (κ2) is 12.6. The van der Waals surface area contributed by atoms with E-state index in [1.54, 1.807) is 15.9 Å². The molecule has 6 atom stereocenters. The molecular weight excluding hydrogens is 582 g/mol. The number of amides is 2. The Labute approximate surface area is 243 Å². The quantitative estimate of drug-likeness (QED) is 0.183. The first-order valence-electron chi connectivity index (χ1n) is 14.0. The van der Waals surface area contributed by atoms with Gasteiger partial charge in [-0.1, -0.05) is 34.8 Å². The summed E-state index contributed by atoms with van der Waals surface area (Å²) in [5.74, 6) is -2.91. The number of aliphatic hydroxyl groups excluding tert-OH is 1. The van der Waals surface area contributed by atoms with Gasteiger partial charge in [0.25, 0.3) is 5.91 Å². The van der Waals surface area contributed by atoms with Crippen molar-refractivity contribution in [3.63, 3.8) is 0 Å². The van der Waals surface area contributed by atoms with E-state index in [4.69, 9.17) is 5.11 Å². The van der Waals surface area contributed by atoms with Crippen LogP contribution < -0.4 is 9.80 Å². The average molecular weight is 623 g/mol. The molecule has 10 heteroatoms. The van der Waals surface area contributed by atoms with Crippen LogP contribution in [0.3, 0.4) is 0 Å². The molecule has 0 aliphatic carbocycles. The van der Waals surface area contributed by atoms with Gasteiger partial charge >= 0.3 is 5.97 Å². The average Bonchev–Trinajstić information content (AvgIpc) is 3.51. The number of hydrogen-bond acceptors (Lipinski definition) is 6. The van der Waals surface area contributed by atoms with Gasteiger partial charge in [-0.05, 0) is 57.4 Å². The van der Waals surface area contributed by atoms with Crippen molar-refractivity contribution < 1.29 is 24.6 Å². The van der Waals surface area contributed by atoms with Crippen LogP contribution in [-0.4, -0.2) is 86.5 Å². The van der Waals surface area contributed by atoms with E-state index in [9.17, 15) is 19.5 Å². The summed E-state index contributed by atoms with van der Waals surface area (Å²) in [6.45, 7) is 10.7. The Morgan fingerprint density at radius 3 is 2.38 bits per heavy atom. The molecule has 0 radical (unpaired) electrons. The lowest BCUT2D eigenvalue weighted by Gasteiger charge is -2.37. The van der Waals surface area contributed by atoms with Gasteiger partial charge in [0.2, 0.25) is 5.91 Å². The molecule has 3 saturated heterocycles. The van der Waals surface area contributed by atoms with Crippen molar-refractivity contribution in [2.45, 2.75) is 66.8 Å². The zero-order chi connectivity index (χ0) is 28.3. The molecule has 3 fully saturated rings. The Hall–Kier alpha value is -2.04. The number of alkyl halides is 1. The van der Waals surface area contributed by atoms with Crippen LogP contribution in [0.5, 0.6) is 0 Å². The minimum absolute atomic E-state index is 0.0753. The van der Waals surface area contributed by atoms with Gasteiger partial charge in [-0.3, -0.25) is 14.4 Å². The van der Waals surface area contributed by atoms with Gasteiger partial charge in [0.05, 0.1) is 16.6 Å². The highest BCUT2D eigenvalue weighted by molar-refractivity contribution is 9.09. The molecule has 0 saturated carbocycles. The van der Waals surface area contributed by atoms with Gasteiger partial charge in [-0.15, -0.1) is 18.3 Å². The molecule has 8 nitrogen and oxygen atoms in total. The van der Waals surface area contributed by atoms with Crippen molar-refractivity contribution in [1.29, 1.82) is 0 Å². The van der Waals surface area contributed by atoms with E-state index in [0.29, 0.717) is 25.8 Å². The number of hydrogen-bond donors (Lipinski definition) is 2. The number of rotatable bonds is 14. The number of thioether (sulfide) groups is 1. The first kappa shape index (κ1) is 29.9. The van der Waals surface area contributed by atoms with E-state index >= 15 is 0 Å². The summed E-state index contributed by atoms with van der Waals surface area (Å²) in [5, 5.41) is 19.0. The van der Waals surface area contributed by atoms with Crippen molar-refractivity contribution in [2.24, 2.45) is 11.8 Å². The van der Waals surface area contributed by atoms with E-state index in [1.807, 2.05) is 24.3 Å². The summed E-state index contributed by atoms with van der Waals surface area (Å²) in [6.07, 6.45) is 5.32. The number of carboxylic acid groups (broad SMARTS) is 1. The zero-order valence-corrected chi connectivity index (χ0v) is 25.2. The SMILES string of the molecule is C=CCN(C(=O)C1N(CCCCCCO)C(=O)[C@@H]2[C@@H](C(=O)O)[C@@H]3SC12CC3Br)c1ccc(N(CC)CC)cc1. The van der Waals surface area contributed by atoms with E-state index in [-0.39, 0.29) is 35.0 Å². The van der Waals surface area contributed by atoms with Crippen LogP contribution in [0.15, 0.2) is 36.9 Å². The molecular formula is C29H40BrN3O5S. The predicted molar refractivity (Wildman–Crippen MR) is 160 cm³/mol. The smallest absolute Gasteiger partial charge is 0.308 e. The second-order valence-corrected chi connectivity index (χ2v) is 13.3. The van der Waals surface area contributed by atoms with E-state index < -0.39 is 28.6 Å². The highest BCUT2D eigenvalue weighted by Crippen LogP contribution is 2.67. The number of aliphatic hydroxyl groups is 1. The number of aliphatic carboxylic acids is 1. The fourth-order valence-corrected chi connectivity index (χ4v) is 10.3. The van der Waals surface area contributed by atoms with Crippen molar-refractivity contribution in [3.05, 3.63) is 36.9 Å². The molecule has 1 aromatic rings. The zero-order valence-electron chi connectivity index (χ0n) is 22.8. The summed E-state index contributed by atoms with van der Waals surface area (Å²) in [4.78, 5) is 46.4. The Morgan fingerprint density at radius 1 is 1.15 bits per heavy atom. The fourth-order valence-electron chi connectivity index (χ4n) is 6.71. The van der Waals surface area contributed by atoms with E-state index in [2.05, 4.69) is 41.3 Å². The second-order valence-electron chi connectivity index (χ2n) is 10.6. The van der Waals surface area contributed by atoms with Gasteiger partial charge in [0, 0.05) is 54.2 Å². The minimum atomic E-state index is -0.970. The lowest BCUT2D eigenvalue weighted by atomic mass is 9.71. The third-order valence-electron chi connectivity index (χ3n) is 8.48. The molecule has 3 heterocycles. The van der Waals surface area contributed by atoms with Crippen LogP contribution >= 0.6 is 27.7 Å². The van der Waals surface area contributed by atoms with Crippen LogP contribution in [0.1, 0.15) is 46.0 Å². The molecule has 2 N–H and O–H groups in total. The van der Waals surface area contributed by atoms with Crippen molar-refractivity contribution in [2.75, 3.05) is 42.6 Å². The first-order chi connectivity index (χ1) is 18.7. The number of anilines is 2. The lowest BCUT2D eigenvalue weighted by Crippen LogP contribution is -2.55. The number of fused-ring (bicyclic) bond motifs is 1.